The van der Waals surface area contributed by atoms with Crippen molar-refractivity contribution in [3.63, 3.8) is 0 Å². The van der Waals surface area contributed by atoms with Crippen molar-refractivity contribution in [1.29, 1.82) is 0 Å². The summed E-state index contributed by atoms with van der Waals surface area (Å²) in [5.41, 5.74) is 2.02. The van der Waals surface area contributed by atoms with Crippen LogP contribution in [-0.4, -0.2) is 43.4 Å². The molecule has 0 saturated heterocycles. The fourth-order valence-corrected chi connectivity index (χ4v) is 4.01. The van der Waals surface area contributed by atoms with Gasteiger partial charge < -0.3 is 15.1 Å². The van der Waals surface area contributed by atoms with Gasteiger partial charge in [-0.25, -0.2) is 0 Å². The summed E-state index contributed by atoms with van der Waals surface area (Å²) in [5, 5.41) is 3.06. The summed E-state index contributed by atoms with van der Waals surface area (Å²) in [5.74, 6) is 0.423. The molecule has 28 heavy (non-hydrogen) atoms. The Labute approximate surface area is 170 Å². The number of benzene rings is 1. The van der Waals surface area contributed by atoms with Gasteiger partial charge in [0, 0.05) is 49.9 Å². The lowest BCUT2D eigenvalue weighted by Crippen LogP contribution is -2.37. The number of rotatable bonds is 9. The summed E-state index contributed by atoms with van der Waals surface area (Å²) in [4.78, 5) is 29.3. The standard InChI is InChI=1S/C23H37N3O2/c1-5-8-17-25(4)23(28)19-11-9-18(10-12-19)22(27)24-20-13-15-21(16-14-20)26(6-2)7-3/h13-16,18-19H,5-12,17H2,1-4H3,(H,24,27). The Balaban J connectivity index is 1.82. The molecule has 0 atom stereocenters. The molecule has 1 aliphatic carbocycles. The third-order valence-corrected chi connectivity index (χ3v) is 5.93. The number of amides is 2. The summed E-state index contributed by atoms with van der Waals surface area (Å²) in [6.45, 7) is 9.19. The number of hydrogen-bond acceptors (Lipinski definition) is 3. The van der Waals surface area contributed by atoms with Crippen molar-refractivity contribution in [2.75, 3.05) is 36.9 Å². The van der Waals surface area contributed by atoms with Gasteiger partial charge in [0.05, 0.1) is 0 Å². The minimum absolute atomic E-state index is 0.00690. The third-order valence-electron chi connectivity index (χ3n) is 5.93. The highest BCUT2D eigenvalue weighted by Crippen LogP contribution is 2.31. The number of carbonyl (C=O) groups excluding carboxylic acids is 2. The summed E-state index contributed by atoms with van der Waals surface area (Å²) in [6.07, 6.45) is 5.36. The van der Waals surface area contributed by atoms with E-state index in [4.69, 9.17) is 0 Å². The summed E-state index contributed by atoms with van der Waals surface area (Å²) < 4.78 is 0. The van der Waals surface area contributed by atoms with Gasteiger partial charge in [0.1, 0.15) is 0 Å². The van der Waals surface area contributed by atoms with Crippen LogP contribution in [-0.2, 0) is 9.59 Å². The number of carbonyl (C=O) groups is 2. The lowest BCUT2D eigenvalue weighted by atomic mass is 9.81. The van der Waals surface area contributed by atoms with E-state index in [1.54, 1.807) is 0 Å². The fourth-order valence-electron chi connectivity index (χ4n) is 4.01. The van der Waals surface area contributed by atoms with Gasteiger partial charge in [0.15, 0.2) is 0 Å². The van der Waals surface area contributed by atoms with E-state index in [9.17, 15) is 9.59 Å². The highest BCUT2D eigenvalue weighted by Gasteiger charge is 2.31. The Bertz CT molecular complexity index is 617. The van der Waals surface area contributed by atoms with Crippen molar-refractivity contribution >= 4 is 23.2 Å². The average molecular weight is 388 g/mol. The molecule has 1 aliphatic rings. The van der Waals surface area contributed by atoms with Gasteiger partial charge in [0.2, 0.25) is 11.8 Å². The Hall–Kier alpha value is -2.04. The maximum absolute atomic E-state index is 12.6. The maximum Gasteiger partial charge on any atom is 0.227 e. The topological polar surface area (TPSA) is 52.7 Å². The van der Waals surface area contributed by atoms with Crippen LogP contribution in [0.2, 0.25) is 0 Å². The van der Waals surface area contributed by atoms with Crippen LogP contribution in [0.3, 0.4) is 0 Å². The van der Waals surface area contributed by atoms with Crippen LogP contribution in [0, 0.1) is 11.8 Å². The van der Waals surface area contributed by atoms with E-state index < -0.39 is 0 Å². The average Bonchev–Trinajstić information content (AvgIpc) is 2.73. The molecule has 5 nitrogen and oxygen atoms in total. The van der Waals surface area contributed by atoms with Crippen molar-refractivity contribution in [1.82, 2.24) is 4.90 Å². The van der Waals surface area contributed by atoms with Crippen LogP contribution in [0.25, 0.3) is 0 Å². The molecule has 5 heteroatoms. The van der Waals surface area contributed by atoms with Crippen molar-refractivity contribution < 1.29 is 9.59 Å². The van der Waals surface area contributed by atoms with E-state index in [0.717, 1.165) is 63.8 Å². The van der Waals surface area contributed by atoms with E-state index in [1.165, 1.54) is 5.69 Å². The van der Waals surface area contributed by atoms with Crippen LogP contribution >= 0.6 is 0 Å². The molecule has 1 N–H and O–H groups in total. The SMILES string of the molecule is CCCCN(C)C(=O)C1CCC(C(=O)Nc2ccc(N(CC)CC)cc2)CC1. The predicted molar refractivity (Wildman–Crippen MR) is 117 cm³/mol. The number of unbranched alkanes of at least 4 members (excludes halogenated alkanes) is 1. The molecule has 156 valence electrons. The number of hydrogen-bond donors (Lipinski definition) is 1. The van der Waals surface area contributed by atoms with Crippen molar-refractivity contribution in [2.45, 2.75) is 59.3 Å². The first kappa shape index (κ1) is 22.3. The molecule has 0 heterocycles. The summed E-state index contributed by atoms with van der Waals surface area (Å²) >= 11 is 0. The van der Waals surface area contributed by atoms with E-state index in [2.05, 4.69) is 43.1 Å². The normalized spacial score (nSPS) is 19.1. The molecule has 2 rings (SSSR count). The van der Waals surface area contributed by atoms with Crippen molar-refractivity contribution in [3.8, 4) is 0 Å². The molecule has 1 aromatic rings. The maximum atomic E-state index is 12.6. The quantitative estimate of drug-likeness (QED) is 0.677. The van der Waals surface area contributed by atoms with E-state index >= 15 is 0 Å². The van der Waals surface area contributed by atoms with Gasteiger partial charge in [-0.05, 0) is 70.2 Å². The largest absolute Gasteiger partial charge is 0.372 e. The second-order valence-corrected chi connectivity index (χ2v) is 7.87. The Morgan fingerprint density at radius 1 is 0.964 bits per heavy atom. The molecule has 0 bridgehead atoms. The molecular formula is C23H37N3O2. The third kappa shape index (κ3) is 5.98. The molecular weight excluding hydrogens is 350 g/mol. The number of nitrogens with zero attached hydrogens (tertiary/aromatic N) is 2. The molecule has 0 spiro atoms. The van der Waals surface area contributed by atoms with Crippen LogP contribution < -0.4 is 10.2 Å². The van der Waals surface area contributed by atoms with Gasteiger partial charge in [-0.1, -0.05) is 13.3 Å². The van der Waals surface area contributed by atoms with Gasteiger partial charge in [-0.15, -0.1) is 0 Å². The summed E-state index contributed by atoms with van der Waals surface area (Å²) in [7, 11) is 1.90. The molecule has 1 saturated carbocycles. The van der Waals surface area contributed by atoms with Crippen LogP contribution in [0.15, 0.2) is 24.3 Å². The first-order valence-electron chi connectivity index (χ1n) is 10.9. The van der Waals surface area contributed by atoms with Crippen LogP contribution in [0.5, 0.6) is 0 Å². The van der Waals surface area contributed by atoms with Crippen LogP contribution in [0.4, 0.5) is 11.4 Å². The number of nitrogens with one attached hydrogen (secondary N) is 1. The summed E-state index contributed by atoms with van der Waals surface area (Å²) in [6, 6.07) is 8.07. The second kappa shape index (κ2) is 11.1. The monoisotopic (exact) mass is 387 g/mol. The molecule has 0 unspecified atom stereocenters. The number of anilines is 2. The Morgan fingerprint density at radius 2 is 1.54 bits per heavy atom. The molecule has 0 radical (unpaired) electrons. The fraction of sp³-hybridized carbons (Fsp3) is 0.652. The lowest BCUT2D eigenvalue weighted by Gasteiger charge is -2.30. The van der Waals surface area contributed by atoms with Crippen molar-refractivity contribution in [3.05, 3.63) is 24.3 Å². The highest BCUT2D eigenvalue weighted by atomic mass is 16.2. The zero-order chi connectivity index (χ0) is 20.5. The lowest BCUT2D eigenvalue weighted by molar-refractivity contribution is -0.136. The van der Waals surface area contributed by atoms with Gasteiger partial charge in [-0.3, -0.25) is 9.59 Å². The molecule has 1 fully saturated rings. The second-order valence-electron chi connectivity index (χ2n) is 7.87. The van der Waals surface area contributed by atoms with E-state index in [1.807, 2.05) is 24.1 Å². The van der Waals surface area contributed by atoms with Gasteiger partial charge in [0.25, 0.3) is 0 Å². The Kier molecular flexibility index (Phi) is 8.81. The van der Waals surface area contributed by atoms with Crippen molar-refractivity contribution in [2.24, 2.45) is 11.8 Å². The van der Waals surface area contributed by atoms with E-state index in [-0.39, 0.29) is 23.7 Å². The van der Waals surface area contributed by atoms with Crippen LogP contribution in [0.1, 0.15) is 59.3 Å². The van der Waals surface area contributed by atoms with Gasteiger partial charge in [-0.2, -0.15) is 0 Å². The first-order chi connectivity index (χ1) is 13.5. The molecule has 2 amide bonds. The molecule has 1 aromatic carbocycles. The van der Waals surface area contributed by atoms with E-state index in [0.29, 0.717) is 0 Å². The minimum Gasteiger partial charge on any atom is -0.372 e. The zero-order valence-corrected chi connectivity index (χ0v) is 18.0. The van der Waals surface area contributed by atoms with Gasteiger partial charge >= 0.3 is 0 Å². The minimum atomic E-state index is 0.00690. The highest BCUT2D eigenvalue weighted by molar-refractivity contribution is 5.93. The molecule has 0 aromatic heterocycles. The zero-order valence-electron chi connectivity index (χ0n) is 18.0. The Morgan fingerprint density at radius 3 is 2.07 bits per heavy atom. The molecule has 0 aliphatic heterocycles. The predicted octanol–water partition coefficient (Wildman–Crippen LogP) is 4.54. The first-order valence-corrected chi connectivity index (χ1v) is 10.9. The smallest absolute Gasteiger partial charge is 0.227 e.